The van der Waals surface area contributed by atoms with Gasteiger partial charge >= 0.3 is 0 Å². The van der Waals surface area contributed by atoms with Gasteiger partial charge in [0.2, 0.25) is 10.0 Å². The van der Waals surface area contributed by atoms with Crippen LogP contribution in [0.3, 0.4) is 0 Å². The highest BCUT2D eigenvalue weighted by molar-refractivity contribution is 7.89. The number of ether oxygens (including phenoxy) is 1. The number of aliphatic hydroxyl groups excluding tert-OH is 1. The SMILES string of the molecule is O=S(=O)(CCN1CCCC1)N1CCOCC1C1CCCC1O. The summed E-state index contributed by atoms with van der Waals surface area (Å²) in [4.78, 5) is 2.23. The molecular weight excluding hydrogens is 304 g/mol. The zero-order valence-corrected chi connectivity index (χ0v) is 14.0. The summed E-state index contributed by atoms with van der Waals surface area (Å²) < 4.78 is 32.7. The normalized spacial score (nSPS) is 35.2. The lowest BCUT2D eigenvalue weighted by atomic mass is 9.96. The lowest BCUT2D eigenvalue weighted by Crippen LogP contribution is -2.54. The Morgan fingerprint density at radius 2 is 1.86 bits per heavy atom. The number of likely N-dealkylation sites (tertiary alicyclic amines) is 1. The van der Waals surface area contributed by atoms with Crippen molar-refractivity contribution in [1.82, 2.24) is 9.21 Å². The van der Waals surface area contributed by atoms with E-state index in [0.29, 0.717) is 26.3 Å². The summed E-state index contributed by atoms with van der Waals surface area (Å²) in [6.45, 7) is 3.97. The molecule has 1 saturated carbocycles. The van der Waals surface area contributed by atoms with Crippen molar-refractivity contribution in [3.63, 3.8) is 0 Å². The molecule has 22 heavy (non-hydrogen) atoms. The Hall–Kier alpha value is -0.210. The Kier molecular flexibility index (Phi) is 5.39. The summed E-state index contributed by atoms with van der Waals surface area (Å²) in [5.74, 6) is 0.216. The summed E-state index contributed by atoms with van der Waals surface area (Å²) in [5.41, 5.74) is 0. The van der Waals surface area contributed by atoms with Crippen LogP contribution in [0, 0.1) is 5.92 Å². The van der Waals surface area contributed by atoms with E-state index < -0.39 is 10.0 Å². The fourth-order valence-electron chi connectivity index (χ4n) is 4.08. The van der Waals surface area contributed by atoms with Gasteiger partial charge in [-0.1, -0.05) is 6.42 Å². The molecule has 0 bridgehead atoms. The van der Waals surface area contributed by atoms with Crippen molar-refractivity contribution in [2.45, 2.75) is 44.2 Å². The third-order valence-electron chi connectivity index (χ3n) is 5.36. The van der Waals surface area contributed by atoms with E-state index >= 15 is 0 Å². The van der Waals surface area contributed by atoms with Crippen molar-refractivity contribution >= 4 is 10.0 Å². The fourth-order valence-corrected chi connectivity index (χ4v) is 5.78. The third-order valence-corrected chi connectivity index (χ3v) is 7.23. The van der Waals surface area contributed by atoms with Crippen LogP contribution in [0.4, 0.5) is 0 Å². The number of sulfonamides is 1. The van der Waals surface area contributed by atoms with Crippen LogP contribution in [0.15, 0.2) is 0 Å². The molecule has 1 aliphatic carbocycles. The minimum Gasteiger partial charge on any atom is -0.393 e. The Morgan fingerprint density at radius 1 is 1.09 bits per heavy atom. The molecule has 3 rings (SSSR count). The molecule has 1 N–H and O–H groups in total. The van der Waals surface area contributed by atoms with Crippen LogP contribution in [0.1, 0.15) is 32.1 Å². The molecule has 0 aromatic rings. The van der Waals surface area contributed by atoms with E-state index in [9.17, 15) is 13.5 Å². The average Bonchev–Trinajstić information content (AvgIpc) is 3.16. The molecule has 7 heteroatoms. The second kappa shape index (κ2) is 7.13. The predicted molar refractivity (Wildman–Crippen MR) is 84.1 cm³/mol. The van der Waals surface area contributed by atoms with E-state index in [2.05, 4.69) is 4.90 Å². The first-order valence-electron chi connectivity index (χ1n) is 8.55. The van der Waals surface area contributed by atoms with E-state index in [1.54, 1.807) is 4.31 Å². The zero-order chi connectivity index (χ0) is 15.6. The quantitative estimate of drug-likeness (QED) is 0.783. The molecule has 0 aromatic carbocycles. The Balaban J connectivity index is 1.65. The van der Waals surface area contributed by atoms with Gasteiger partial charge in [0.1, 0.15) is 0 Å². The third kappa shape index (κ3) is 3.64. The van der Waals surface area contributed by atoms with E-state index in [1.165, 1.54) is 12.8 Å². The number of morpholine rings is 1. The van der Waals surface area contributed by atoms with Gasteiger partial charge in [0.05, 0.1) is 31.1 Å². The minimum absolute atomic E-state index is 0.0295. The standard InChI is InChI=1S/C15H28N2O4S/c18-15-5-3-4-13(15)14-12-21-10-8-17(14)22(19,20)11-9-16-6-1-2-7-16/h13-15,18H,1-12H2. The second-order valence-corrected chi connectivity index (χ2v) is 8.82. The fraction of sp³-hybridized carbons (Fsp3) is 1.00. The summed E-state index contributed by atoms with van der Waals surface area (Å²) in [6.07, 6.45) is 4.62. The number of hydrogen-bond donors (Lipinski definition) is 1. The molecule has 2 aliphatic heterocycles. The highest BCUT2D eigenvalue weighted by Gasteiger charge is 2.42. The first-order chi connectivity index (χ1) is 10.6. The molecule has 2 heterocycles. The van der Waals surface area contributed by atoms with Crippen molar-refractivity contribution in [2.75, 3.05) is 45.1 Å². The van der Waals surface area contributed by atoms with Crippen molar-refractivity contribution in [2.24, 2.45) is 5.92 Å². The number of rotatable bonds is 5. The van der Waals surface area contributed by atoms with Gasteiger partial charge in [0, 0.05) is 19.0 Å². The van der Waals surface area contributed by atoms with Crippen molar-refractivity contribution in [3.05, 3.63) is 0 Å². The van der Waals surface area contributed by atoms with Gasteiger partial charge < -0.3 is 14.7 Å². The van der Waals surface area contributed by atoms with Crippen molar-refractivity contribution in [3.8, 4) is 0 Å². The lowest BCUT2D eigenvalue weighted by Gasteiger charge is -2.39. The molecule has 3 atom stereocenters. The number of nitrogens with zero attached hydrogens (tertiary/aromatic N) is 2. The molecule has 0 spiro atoms. The maximum absolute atomic E-state index is 12.8. The van der Waals surface area contributed by atoms with E-state index in [-0.39, 0.29) is 23.8 Å². The number of aliphatic hydroxyl groups is 1. The highest BCUT2D eigenvalue weighted by atomic mass is 32.2. The smallest absolute Gasteiger partial charge is 0.215 e. The molecular formula is C15H28N2O4S. The van der Waals surface area contributed by atoms with E-state index in [0.717, 1.165) is 32.4 Å². The first kappa shape index (κ1) is 16.6. The molecule has 128 valence electrons. The topological polar surface area (TPSA) is 70.1 Å². The van der Waals surface area contributed by atoms with Crippen LogP contribution in [0.5, 0.6) is 0 Å². The second-order valence-electron chi connectivity index (χ2n) is 6.78. The highest BCUT2D eigenvalue weighted by Crippen LogP contribution is 2.33. The van der Waals surface area contributed by atoms with Crippen molar-refractivity contribution in [1.29, 1.82) is 0 Å². The summed E-state index contributed by atoms with van der Waals surface area (Å²) in [7, 11) is -3.28. The lowest BCUT2D eigenvalue weighted by molar-refractivity contribution is -0.0148. The molecule has 0 aromatic heterocycles. The Morgan fingerprint density at radius 3 is 2.55 bits per heavy atom. The van der Waals surface area contributed by atoms with Crippen LogP contribution >= 0.6 is 0 Å². The van der Waals surface area contributed by atoms with Gasteiger partial charge in [-0.15, -0.1) is 0 Å². The molecule has 3 unspecified atom stereocenters. The van der Waals surface area contributed by atoms with E-state index in [4.69, 9.17) is 4.74 Å². The van der Waals surface area contributed by atoms with Gasteiger partial charge in [0.25, 0.3) is 0 Å². The van der Waals surface area contributed by atoms with E-state index in [1.807, 2.05) is 0 Å². The Labute approximate surface area is 133 Å². The average molecular weight is 332 g/mol. The monoisotopic (exact) mass is 332 g/mol. The molecule has 2 saturated heterocycles. The largest absolute Gasteiger partial charge is 0.393 e. The molecule has 3 fully saturated rings. The summed E-state index contributed by atoms with van der Waals surface area (Å²) >= 11 is 0. The van der Waals surface area contributed by atoms with Crippen LogP contribution in [0.2, 0.25) is 0 Å². The summed E-state index contributed by atoms with van der Waals surface area (Å²) in [5, 5.41) is 10.1. The molecule has 6 nitrogen and oxygen atoms in total. The van der Waals surface area contributed by atoms with Crippen LogP contribution in [-0.4, -0.2) is 80.0 Å². The first-order valence-corrected chi connectivity index (χ1v) is 10.2. The maximum atomic E-state index is 12.8. The van der Waals surface area contributed by atoms with Gasteiger partial charge in [-0.2, -0.15) is 4.31 Å². The van der Waals surface area contributed by atoms with Crippen LogP contribution < -0.4 is 0 Å². The summed E-state index contributed by atoms with van der Waals surface area (Å²) in [6, 6.07) is -0.185. The number of hydrogen-bond acceptors (Lipinski definition) is 5. The Bertz CT molecular complexity index is 464. The maximum Gasteiger partial charge on any atom is 0.215 e. The van der Waals surface area contributed by atoms with Gasteiger partial charge in [-0.3, -0.25) is 0 Å². The van der Waals surface area contributed by atoms with Gasteiger partial charge in [-0.05, 0) is 38.8 Å². The molecule has 3 aliphatic rings. The van der Waals surface area contributed by atoms with Gasteiger partial charge in [-0.25, -0.2) is 8.42 Å². The zero-order valence-electron chi connectivity index (χ0n) is 13.2. The van der Waals surface area contributed by atoms with Gasteiger partial charge in [0.15, 0.2) is 0 Å². The van der Waals surface area contributed by atoms with Crippen molar-refractivity contribution < 1.29 is 18.3 Å². The molecule has 0 amide bonds. The van der Waals surface area contributed by atoms with Crippen LogP contribution in [-0.2, 0) is 14.8 Å². The predicted octanol–water partition coefficient (Wildman–Crippen LogP) is 0.274. The molecule has 0 radical (unpaired) electrons. The van der Waals surface area contributed by atoms with Crippen LogP contribution in [0.25, 0.3) is 0 Å². The minimum atomic E-state index is -3.28.